The number of amides is 1. The first kappa shape index (κ1) is 20.9. The highest BCUT2D eigenvalue weighted by Crippen LogP contribution is 2.43. The molecule has 164 valence electrons. The normalized spacial score (nSPS) is 18.6. The summed E-state index contributed by atoms with van der Waals surface area (Å²) in [7, 11) is 0. The number of carbonyl (C=O) groups is 1. The van der Waals surface area contributed by atoms with E-state index >= 15 is 0 Å². The van der Waals surface area contributed by atoms with Gasteiger partial charge in [0.05, 0.1) is 13.2 Å². The smallest absolute Gasteiger partial charge is 0.232 e. The lowest BCUT2D eigenvalue weighted by atomic mass is 9.64. The molecule has 0 spiro atoms. The number of nitrogens with zero attached hydrogens (tertiary/aromatic N) is 1. The topological polar surface area (TPSA) is 55.6 Å². The van der Waals surface area contributed by atoms with Gasteiger partial charge in [0.1, 0.15) is 5.41 Å². The van der Waals surface area contributed by atoms with E-state index < -0.39 is 5.41 Å². The third-order valence-electron chi connectivity index (χ3n) is 7.23. The van der Waals surface area contributed by atoms with Crippen LogP contribution in [0.2, 0.25) is 0 Å². The summed E-state index contributed by atoms with van der Waals surface area (Å²) in [5.41, 5.74) is 11.4. The zero-order valence-corrected chi connectivity index (χ0v) is 18.4. The van der Waals surface area contributed by atoms with Crippen molar-refractivity contribution in [3.63, 3.8) is 0 Å². The van der Waals surface area contributed by atoms with Crippen molar-refractivity contribution in [3.05, 3.63) is 107 Å². The number of hydrogen-bond donors (Lipinski definition) is 1. The molecular weight excluding hydrogens is 396 g/mol. The lowest BCUT2D eigenvalue weighted by Gasteiger charge is -2.37. The summed E-state index contributed by atoms with van der Waals surface area (Å²) in [4.78, 5) is 15.7. The Morgan fingerprint density at radius 3 is 2.25 bits per heavy atom. The minimum atomic E-state index is -0.817. The third kappa shape index (κ3) is 3.74. The first-order valence-corrected chi connectivity index (χ1v) is 11.5. The van der Waals surface area contributed by atoms with Gasteiger partial charge in [0, 0.05) is 13.1 Å². The fraction of sp³-hybridized carbons (Fsp3) is 0.321. The number of ether oxygens (including phenoxy) is 1. The van der Waals surface area contributed by atoms with Crippen LogP contribution >= 0.6 is 0 Å². The van der Waals surface area contributed by atoms with E-state index in [2.05, 4.69) is 23.1 Å². The molecule has 4 nitrogen and oxygen atoms in total. The Hall–Kier alpha value is -2.95. The summed E-state index contributed by atoms with van der Waals surface area (Å²) >= 11 is 0. The molecule has 2 N–H and O–H groups in total. The van der Waals surface area contributed by atoms with E-state index in [0.29, 0.717) is 0 Å². The minimum Gasteiger partial charge on any atom is -0.372 e. The van der Waals surface area contributed by atoms with Gasteiger partial charge in [-0.1, -0.05) is 78.9 Å². The summed E-state index contributed by atoms with van der Waals surface area (Å²) in [6.45, 7) is 4.28. The van der Waals surface area contributed by atoms with E-state index in [1.165, 1.54) is 16.7 Å². The van der Waals surface area contributed by atoms with E-state index in [9.17, 15) is 4.79 Å². The van der Waals surface area contributed by atoms with Crippen molar-refractivity contribution in [1.29, 1.82) is 0 Å². The van der Waals surface area contributed by atoms with Crippen LogP contribution in [0.1, 0.15) is 34.2 Å². The summed E-state index contributed by atoms with van der Waals surface area (Å²) in [6, 6.07) is 26.9. The van der Waals surface area contributed by atoms with Gasteiger partial charge in [-0.15, -0.1) is 0 Å². The number of hydrogen-bond acceptors (Lipinski definition) is 3. The number of carbonyl (C=O) groups excluding carboxylic acids is 1. The van der Waals surface area contributed by atoms with E-state index in [1.807, 2.05) is 60.7 Å². The second-order valence-electron chi connectivity index (χ2n) is 9.04. The molecule has 0 radical (unpaired) electrons. The van der Waals surface area contributed by atoms with Gasteiger partial charge >= 0.3 is 0 Å². The quantitative estimate of drug-likeness (QED) is 0.620. The Bertz CT molecular complexity index is 1040. The van der Waals surface area contributed by atoms with Crippen molar-refractivity contribution in [1.82, 2.24) is 4.90 Å². The molecule has 0 aromatic heterocycles. The number of fused-ring (bicyclic) bond motifs is 1. The van der Waals surface area contributed by atoms with Crippen LogP contribution in [0.25, 0.3) is 0 Å². The first-order valence-electron chi connectivity index (χ1n) is 11.5. The highest BCUT2D eigenvalue weighted by molar-refractivity contribution is 5.91. The molecule has 3 aromatic carbocycles. The largest absolute Gasteiger partial charge is 0.372 e. The lowest BCUT2D eigenvalue weighted by Crippen LogP contribution is -2.49. The SMILES string of the molecule is NC(=O)C(c1ccccc1)(c1ccccc1)[C@@H]1CCN(CCc2ccc3c(c2)COC3)C1. The van der Waals surface area contributed by atoms with Gasteiger partial charge in [-0.2, -0.15) is 0 Å². The van der Waals surface area contributed by atoms with E-state index in [0.717, 1.165) is 56.8 Å². The molecular formula is C28H30N2O2. The van der Waals surface area contributed by atoms with Gasteiger partial charge in [0.15, 0.2) is 0 Å². The van der Waals surface area contributed by atoms with E-state index in [1.54, 1.807) is 0 Å². The molecule has 0 unspecified atom stereocenters. The van der Waals surface area contributed by atoms with Crippen molar-refractivity contribution in [2.24, 2.45) is 11.7 Å². The monoisotopic (exact) mass is 426 g/mol. The highest BCUT2D eigenvalue weighted by Gasteiger charge is 2.49. The predicted molar refractivity (Wildman–Crippen MR) is 126 cm³/mol. The summed E-state index contributed by atoms with van der Waals surface area (Å²) in [6.07, 6.45) is 1.95. The van der Waals surface area contributed by atoms with Crippen molar-refractivity contribution in [2.45, 2.75) is 31.5 Å². The second kappa shape index (κ2) is 8.89. The van der Waals surface area contributed by atoms with Crippen LogP contribution in [0.5, 0.6) is 0 Å². The fourth-order valence-corrected chi connectivity index (χ4v) is 5.58. The van der Waals surface area contributed by atoms with Gasteiger partial charge < -0.3 is 15.4 Å². The maximum atomic E-state index is 13.2. The fourth-order valence-electron chi connectivity index (χ4n) is 5.58. The Kier molecular flexibility index (Phi) is 5.81. The Labute approximate surface area is 190 Å². The highest BCUT2D eigenvalue weighted by atomic mass is 16.5. The Balaban J connectivity index is 1.38. The van der Waals surface area contributed by atoms with Gasteiger partial charge in [-0.3, -0.25) is 4.79 Å². The zero-order chi connectivity index (χ0) is 22.0. The molecule has 0 aliphatic carbocycles. The maximum absolute atomic E-state index is 13.2. The van der Waals surface area contributed by atoms with Crippen LogP contribution < -0.4 is 5.73 Å². The number of nitrogens with two attached hydrogens (primary N) is 1. The first-order chi connectivity index (χ1) is 15.7. The van der Waals surface area contributed by atoms with Crippen LogP contribution in [0.4, 0.5) is 0 Å². The molecule has 0 saturated carbocycles. The minimum absolute atomic E-state index is 0.137. The molecule has 3 aromatic rings. The summed E-state index contributed by atoms with van der Waals surface area (Å²) in [5, 5.41) is 0. The van der Waals surface area contributed by atoms with Gasteiger partial charge in [-0.05, 0) is 53.1 Å². The lowest BCUT2D eigenvalue weighted by molar-refractivity contribution is -0.123. The number of benzene rings is 3. The molecule has 1 atom stereocenters. The van der Waals surface area contributed by atoms with Crippen LogP contribution in [0.3, 0.4) is 0 Å². The third-order valence-corrected chi connectivity index (χ3v) is 7.23. The molecule has 1 fully saturated rings. The van der Waals surface area contributed by atoms with Crippen molar-refractivity contribution >= 4 is 5.91 Å². The molecule has 1 saturated heterocycles. The number of rotatable bonds is 7. The Morgan fingerprint density at radius 2 is 1.59 bits per heavy atom. The molecule has 32 heavy (non-hydrogen) atoms. The van der Waals surface area contributed by atoms with E-state index in [4.69, 9.17) is 10.5 Å². The predicted octanol–water partition coefficient (Wildman–Crippen LogP) is 4.05. The van der Waals surface area contributed by atoms with Crippen LogP contribution in [0, 0.1) is 5.92 Å². The van der Waals surface area contributed by atoms with Crippen molar-refractivity contribution < 1.29 is 9.53 Å². The average molecular weight is 427 g/mol. The van der Waals surface area contributed by atoms with Crippen LogP contribution in [0.15, 0.2) is 78.9 Å². The van der Waals surface area contributed by atoms with E-state index in [-0.39, 0.29) is 11.8 Å². The van der Waals surface area contributed by atoms with Crippen LogP contribution in [-0.2, 0) is 34.6 Å². The molecule has 1 amide bonds. The maximum Gasteiger partial charge on any atom is 0.232 e. The molecule has 5 rings (SSSR count). The number of primary amides is 1. The van der Waals surface area contributed by atoms with Gasteiger partial charge in [0.2, 0.25) is 5.91 Å². The van der Waals surface area contributed by atoms with Gasteiger partial charge in [0.25, 0.3) is 0 Å². The molecule has 4 heteroatoms. The van der Waals surface area contributed by atoms with Crippen LogP contribution in [-0.4, -0.2) is 30.4 Å². The molecule has 0 bridgehead atoms. The summed E-state index contributed by atoms with van der Waals surface area (Å²) in [5.74, 6) is -0.126. The van der Waals surface area contributed by atoms with Gasteiger partial charge in [-0.25, -0.2) is 0 Å². The van der Waals surface area contributed by atoms with Crippen molar-refractivity contribution in [3.8, 4) is 0 Å². The second-order valence-corrected chi connectivity index (χ2v) is 9.04. The molecule has 2 heterocycles. The summed E-state index contributed by atoms with van der Waals surface area (Å²) < 4.78 is 5.55. The standard InChI is InChI=1S/C28H30N2O2/c29-27(31)28(24-7-3-1-4-8-24,25-9-5-2-6-10-25)26-14-16-30(18-26)15-13-21-11-12-22-19-32-20-23(22)17-21/h1-12,17,26H,13-16,18-20H2,(H2,29,31)/t26-/m1/s1. The molecule has 2 aliphatic rings. The zero-order valence-electron chi connectivity index (χ0n) is 18.4. The van der Waals surface area contributed by atoms with Crippen molar-refractivity contribution in [2.75, 3.05) is 19.6 Å². The molecule has 2 aliphatic heterocycles. The number of likely N-dealkylation sites (tertiary alicyclic amines) is 1. The average Bonchev–Trinajstić information content (AvgIpc) is 3.49. The Morgan fingerprint density at radius 1 is 0.938 bits per heavy atom.